The van der Waals surface area contributed by atoms with Crippen molar-refractivity contribution in [3.05, 3.63) is 143 Å². The van der Waals surface area contributed by atoms with Crippen LogP contribution in [0.1, 0.15) is 96.8 Å². The van der Waals surface area contributed by atoms with Gasteiger partial charge in [-0.2, -0.15) is 0 Å². The molecule has 3 atom stereocenters. The number of fused-ring (bicyclic) bond motifs is 1. The first-order chi connectivity index (χ1) is 33.3. The summed E-state index contributed by atoms with van der Waals surface area (Å²) in [6.45, 7) is 2.70. The average molecular weight is 940 g/mol. The van der Waals surface area contributed by atoms with Crippen molar-refractivity contribution in [2.75, 3.05) is 13.1 Å². The molecule has 1 aromatic heterocycles. The Hall–Kier alpha value is -7.69. The number of rotatable bonds is 23. The zero-order valence-corrected chi connectivity index (χ0v) is 39.1. The van der Waals surface area contributed by atoms with Crippen molar-refractivity contribution < 1.29 is 28.8 Å². The first kappa shape index (κ1) is 50.7. The topological polar surface area (TPSA) is 278 Å². The van der Waals surface area contributed by atoms with E-state index >= 15 is 0 Å². The van der Waals surface area contributed by atoms with Gasteiger partial charge >= 0.3 is 6.03 Å². The van der Waals surface area contributed by atoms with Gasteiger partial charge in [0.1, 0.15) is 23.7 Å². The molecule has 0 radical (unpaired) electrons. The second kappa shape index (κ2) is 24.9. The number of primary amides is 1. The third-order valence-electron chi connectivity index (χ3n) is 12.6. The Morgan fingerprint density at radius 2 is 1.33 bits per heavy atom. The molecule has 7 amide bonds. The standard InChI is InChI=1S/C52H65N11O6/c1-2-3-27-57-51(69)63-52(25-23-37(24-26-52)36-17-8-5-9-18-36)49(68)62-43(30-34-14-6-4-7-15-34)48(67)60-42(22-13-28-56-50(54)55)47(66)61-44(31-39-33-58-41-21-11-10-20-40(39)41)46(65)59-32-35-16-12-19-38(29-35)45(53)64/h4-12,14-21,29,33,37,42-44,58H,2-3,13,22-28,30-32H2,1H3,(H2,53,64)(H,59,65)(H,60,67)(H,61,66)(H,62,68)(H4,54,55,56)(H2,57,63,69)/t37-,42-,43+,44-,52+/m0/s1. The molecule has 0 bridgehead atoms. The molecule has 0 saturated heterocycles. The summed E-state index contributed by atoms with van der Waals surface area (Å²) < 4.78 is 0. The van der Waals surface area contributed by atoms with Gasteiger partial charge in [-0.3, -0.25) is 29.4 Å². The summed E-state index contributed by atoms with van der Waals surface area (Å²) in [6.07, 6.45) is 5.79. The normalized spacial score (nSPS) is 16.7. The zero-order valence-electron chi connectivity index (χ0n) is 39.1. The number of carbonyl (C=O) groups excluding carboxylic acids is 6. The Balaban J connectivity index is 1.26. The Bertz CT molecular complexity index is 2540. The van der Waals surface area contributed by atoms with E-state index in [9.17, 15) is 28.8 Å². The van der Waals surface area contributed by atoms with Gasteiger partial charge in [0.2, 0.25) is 29.5 Å². The maximum Gasteiger partial charge on any atom is 0.315 e. The van der Waals surface area contributed by atoms with E-state index in [0.29, 0.717) is 37.8 Å². The summed E-state index contributed by atoms with van der Waals surface area (Å²) >= 11 is 0. The summed E-state index contributed by atoms with van der Waals surface area (Å²) in [6, 6.07) is 29.3. The Labute approximate surface area is 402 Å². The highest BCUT2D eigenvalue weighted by Crippen LogP contribution is 2.38. The highest BCUT2D eigenvalue weighted by Gasteiger charge is 2.45. The summed E-state index contributed by atoms with van der Waals surface area (Å²) in [5, 5.41) is 28.8. The van der Waals surface area contributed by atoms with E-state index in [1.807, 2.05) is 79.7 Å². The monoisotopic (exact) mass is 940 g/mol. The third-order valence-corrected chi connectivity index (χ3v) is 12.6. The van der Waals surface area contributed by atoms with Crippen LogP contribution >= 0.6 is 0 Å². The van der Waals surface area contributed by atoms with Crippen molar-refractivity contribution in [3.63, 3.8) is 0 Å². The molecule has 69 heavy (non-hydrogen) atoms. The lowest BCUT2D eigenvalue weighted by Crippen LogP contribution is -2.65. The number of guanidine groups is 1. The molecule has 0 spiro atoms. The number of carbonyl (C=O) groups is 6. The molecule has 1 fully saturated rings. The lowest BCUT2D eigenvalue weighted by atomic mass is 9.73. The second-order valence-electron chi connectivity index (χ2n) is 17.7. The molecular weight excluding hydrogens is 875 g/mol. The van der Waals surface area contributed by atoms with Crippen LogP contribution in [0.15, 0.2) is 115 Å². The van der Waals surface area contributed by atoms with Crippen LogP contribution in [0.2, 0.25) is 0 Å². The number of aromatic nitrogens is 1. The van der Waals surface area contributed by atoms with Crippen LogP contribution in [0.3, 0.4) is 0 Å². The molecule has 364 valence electrons. The van der Waals surface area contributed by atoms with E-state index in [0.717, 1.165) is 40.4 Å². The number of amides is 7. The van der Waals surface area contributed by atoms with Gasteiger partial charge in [-0.1, -0.05) is 104 Å². The molecule has 5 aromatic rings. The van der Waals surface area contributed by atoms with Crippen LogP contribution in [0.4, 0.5) is 4.79 Å². The van der Waals surface area contributed by atoms with E-state index in [1.165, 1.54) is 0 Å². The number of H-pyrrole nitrogens is 1. The second-order valence-corrected chi connectivity index (χ2v) is 17.7. The highest BCUT2D eigenvalue weighted by atomic mass is 16.2. The van der Waals surface area contributed by atoms with Crippen LogP contribution in [-0.4, -0.2) is 83.3 Å². The van der Waals surface area contributed by atoms with Crippen molar-refractivity contribution in [2.24, 2.45) is 11.5 Å². The lowest BCUT2D eigenvalue weighted by Gasteiger charge is -2.40. The van der Waals surface area contributed by atoms with Gasteiger partial charge in [-0.25, -0.2) is 4.79 Å². The average Bonchev–Trinajstić information content (AvgIpc) is 3.76. The SMILES string of the molecule is CCCCNC(=O)N[C@]1(C(=O)N[C@H](Cc2ccccc2)C(=O)N[C@@H](CCCNC(=N)N)C(=O)N[C@@H](Cc2c[nH]c3ccccc23)C(=O)NCc2cccc(C(N)=O)c2)CC[C@H](c2ccccc2)CC1. The number of unbranched alkanes of at least 4 members (excludes halogenated alkanes) is 1. The molecule has 1 aliphatic rings. The molecule has 0 unspecified atom stereocenters. The van der Waals surface area contributed by atoms with Gasteiger partial charge in [0.05, 0.1) is 0 Å². The highest BCUT2D eigenvalue weighted by molar-refractivity contribution is 5.97. The van der Waals surface area contributed by atoms with E-state index in [2.05, 4.69) is 54.3 Å². The fourth-order valence-corrected chi connectivity index (χ4v) is 8.79. The van der Waals surface area contributed by atoms with Gasteiger partial charge < -0.3 is 53.7 Å². The predicted molar refractivity (Wildman–Crippen MR) is 266 cm³/mol. The maximum atomic E-state index is 14.8. The molecule has 1 saturated carbocycles. The van der Waals surface area contributed by atoms with E-state index in [1.54, 1.807) is 30.5 Å². The molecule has 4 aromatic carbocycles. The zero-order chi connectivity index (χ0) is 49.2. The minimum Gasteiger partial charge on any atom is -0.370 e. The van der Waals surface area contributed by atoms with Crippen LogP contribution in [-0.2, 0) is 38.6 Å². The van der Waals surface area contributed by atoms with E-state index < -0.39 is 59.2 Å². The molecule has 6 rings (SSSR count). The Kier molecular flexibility index (Phi) is 18.3. The van der Waals surface area contributed by atoms with Crippen molar-refractivity contribution in [1.82, 2.24) is 42.2 Å². The summed E-state index contributed by atoms with van der Waals surface area (Å²) in [5.74, 6) is -3.05. The molecule has 1 aliphatic carbocycles. The van der Waals surface area contributed by atoms with Crippen LogP contribution in [0.25, 0.3) is 10.9 Å². The summed E-state index contributed by atoms with van der Waals surface area (Å²) in [7, 11) is 0. The number of para-hydroxylation sites is 1. The summed E-state index contributed by atoms with van der Waals surface area (Å²) in [5.41, 5.74) is 14.1. The molecular formula is C52H65N11O6. The van der Waals surface area contributed by atoms with Crippen molar-refractivity contribution >= 4 is 52.4 Å². The number of aromatic amines is 1. The molecule has 13 N–H and O–H groups in total. The first-order valence-electron chi connectivity index (χ1n) is 23.7. The van der Waals surface area contributed by atoms with Crippen LogP contribution in [0, 0.1) is 5.41 Å². The van der Waals surface area contributed by atoms with Gasteiger partial charge in [0, 0.05) is 55.1 Å². The number of hydrogen-bond acceptors (Lipinski definition) is 7. The van der Waals surface area contributed by atoms with Gasteiger partial charge in [-0.05, 0) is 91.3 Å². The molecule has 17 heteroatoms. The fourth-order valence-electron chi connectivity index (χ4n) is 8.79. The number of nitrogens with one attached hydrogen (secondary N) is 9. The minimum atomic E-state index is -1.34. The lowest BCUT2D eigenvalue weighted by molar-refractivity contribution is -0.135. The molecule has 1 heterocycles. The van der Waals surface area contributed by atoms with Crippen molar-refractivity contribution in [3.8, 4) is 0 Å². The van der Waals surface area contributed by atoms with E-state index in [4.69, 9.17) is 16.9 Å². The van der Waals surface area contributed by atoms with Gasteiger partial charge in [0.25, 0.3) is 0 Å². The number of nitrogens with two attached hydrogens (primary N) is 2. The molecule has 17 nitrogen and oxygen atoms in total. The Morgan fingerprint density at radius 1 is 0.696 bits per heavy atom. The van der Waals surface area contributed by atoms with Gasteiger partial charge in [0.15, 0.2) is 5.96 Å². The quantitative estimate of drug-likeness (QED) is 0.0255. The van der Waals surface area contributed by atoms with Gasteiger partial charge in [-0.15, -0.1) is 0 Å². The fraction of sp³-hybridized carbons (Fsp3) is 0.365. The van der Waals surface area contributed by atoms with Crippen LogP contribution in [0.5, 0.6) is 0 Å². The number of benzene rings is 4. The Morgan fingerprint density at radius 3 is 2.04 bits per heavy atom. The number of hydrogen-bond donors (Lipinski definition) is 11. The van der Waals surface area contributed by atoms with E-state index in [-0.39, 0.29) is 56.2 Å². The minimum absolute atomic E-state index is 0.0294. The van der Waals surface area contributed by atoms with Crippen LogP contribution < -0.4 is 48.7 Å². The smallest absolute Gasteiger partial charge is 0.315 e. The predicted octanol–water partition coefficient (Wildman–Crippen LogP) is 4.28. The summed E-state index contributed by atoms with van der Waals surface area (Å²) in [4.78, 5) is 86.7. The largest absolute Gasteiger partial charge is 0.370 e. The van der Waals surface area contributed by atoms with Crippen molar-refractivity contribution in [2.45, 2.75) is 107 Å². The molecule has 0 aliphatic heterocycles. The third kappa shape index (κ3) is 14.6. The maximum absolute atomic E-state index is 14.8. The number of urea groups is 1. The van der Waals surface area contributed by atoms with Crippen molar-refractivity contribution in [1.29, 1.82) is 5.41 Å². The first-order valence-corrected chi connectivity index (χ1v) is 23.7.